The SMILES string of the molecule is CC(C)c1ccc(NC(=O)CSc2nccc(-c3csc(-c4ccccc4)n3)n2)cc1. The van der Waals surface area contributed by atoms with Crippen molar-refractivity contribution in [1.82, 2.24) is 15.0 Å². The summed E-state index contributed by atoms with van der Waals surface area (Å²) in [4.78, 5) is 25.9. The Labute approximate surface area is 190 Å². The number of thioether (sulfide) groups is 1. The zero-order valence-corrected chi connectivity index (χ0v) is 18.9. The van der Waals surface area contributed by atoms with Crippen LogP contribution in [0.1, 0.15) is 25.3 Å². The minimum atomic E-state index is -0.0867. The number of hydrogen-bond acceptors (Lipinski definition) is 6. The largest absolute Gasteiger partial charge is 0.325 e. The van der Waals surface area contributed by atoms with Gasteiger partial charge in [-0.15, -0.1) is 11.3 Å². The zero-order valence-electron chi connectivity index (χ0n) is 17.3. The van der Waals surface area contributed by atoms with Crippen molar-refractivity contribution in [2.75, 3.05) is 11.1 Å². The molecular weight excluding hydrogens is 424 g/mol. The number of amides is 1. The van der Waals surface area contributed by atoms with Crippen molar-refractivity contribution in [1.29, 1.82) is 0 Å². The van der Waals surface area contributed by atoms with Gasteiger partial charge < -0.3 is 5.32 Å². The van der Waals surface area contributed by atoms with Crippen LogP contribution in [0.15, 0.2) is 77.4 Å². The molecule has 0 atom stereocenters. The summed E-state index contributed by atoms with van der Waals surface area (Å²) in [5.74, 6) is 0.615. The number of benzene rings is 2. The molecule has 5 nitrogen and oxygen atoms in total. The fourth-order valence-corrected chi connectivity index (χ4v) is 4.39. The molecule has 0 unspecified atom stereocenters. The molecule has 0 fully saturated rings. The highest BCUT2D eigenvalue weighted by Crippen LogP contribution is 2.28. The van der Waals surface area contributed by atoms with E-state index in [-0.39, 0.29) is 11.7 Å². The molecule has 2 aromatic carbocycles. The second-order valence-corrected chi connectivity index (χ2v) is 9.04. The van der Waals surface area contributed by atoms with E-state index in [1.165, 1.54) is 17.3 Å². The van der Waals surface area contributed by atoms with Crippen LogP contribution in [0, 0.1) is 0 Å². The summed E-state index contributed by atoms with van der Waals surface area (Å²) in [6, 6.07) is 19.8. The molecule has 31 heavy (non-hydrogen) atoms. The second kappa shape index (κ2) is 9.85. The Bertz CT molecular complexity index is 1160. The van der Waals surface area contributed by atoms with Crippen LogP contribution in [0.2, 0.25) is 0 Å². The normalized spacial score (nSPS) is 10.9. The summed E-state index contributed by atoms with van der Waals surface area (Å²) in [7, 11) is 0. The predicted molar refractivity (Wildman–Crippen MR) is 128 cm³/mol. The van der Waals surface area contributed by atoms with E-state index >= 15 is 0 Å². The van der Waals surface area contributed by atoms with Crippen LogP contribution in [0.3, 0.4) is 0 Å². The van der Waals surface area contributed by atoms with Crippen LogP contribution in [0.4, 0.5) is 5.69 Å². The number of nitrogens with zero attached hydrogens (tertiary/aromatic N) is 3. The molecular formula is C24H22N4OS2. The molecule has 4 aromatic rings. The van der Waals surface area contributed by atoms with Gasteiger partial charge in [0.1, 0.15) is 10.7 Å². The van der Waals surface area contributed by atoms with E-state index in [1.54, 1.807) is 17.5 Å². The minimum absolute atomic E-state index is 0.0867. The number of aromatic nitrogens is 3. The topological polar surface area (TPSA) is 67.8 Å². The monoisotopic (exact) mass is 446 g/mol. The van der Waals surface area contributed by atoms with Crippen molar-refractivity contribution in [3.05, 3.63) is 77.8 Å². The quantitative estimate of drug-likeness (QED) is 0.273. The van der Waals surface area contributed by atoms with Gasteiger partial charge in [-0.05, 0) is 29.7 Å². The van der Waals surface area contributed by atoms with E-state index in [9.17, 15) is 4.79 Å². The molecule has 2 aromatic heterocycles. The van der Waals surface area contributed by atoms with Crippen LogP contribution in [0.25, 0.3) is 22.0 Å². The van der Waals surface area contributed by atoms with E-state index in [2.05, 4.69) is 29.1 Å². The Balaban J connectivity index is 1.37. The van der Waals surface area contributed by atoms with Gasteiger partial charge in [-0.2, -0.15) is 0 Å². The lowest BCUT2D eigenvalue weighted by molar-refractivity contribution is -0.113. The maximum absolute atomic E-state index is 12.3. The molecule has 1 N–H and O–H groups in total. The smallest absolute Gasteiger partial charge is 0.234 e. The van der Waals surface area contributed by atoms with Gasteiger partial charge in [-0.3, -0.25) is 4.79 Å². The molecule has 1 amide bonds. The fourth-order valence-electron chi connectivity index (χ4n) is 2.94. The van der Waals surface area contributed by atoms with Crippen molar-refractivity contribution >= 4 is 34.7 Å². The maximum Gasteiger partial charge on any atom is 0.234 e. The van der Waals surface area contributed by atoms with Crippen LogP contribution in [-0.2, 0) is 4.79 Å². The second-order valence-electron chi connectivity index (χ2n) is 7.24. The molecule has 0 aliphatic rings. The lowest BCUT2D eigenvalue weighted by Crippen LogP contribution is -2.14. The summed E-state index contributed by atoms with van der Waals surface area (Å²) in [5, 5.41) is 6.42. The van der Waals surface area contributed by atoms with E-state index in [0.29, 0.717) is 11.1 Å². The Kier molecular flexibility index (Phi) is 6.74. The Morgan fingerprint density at radius 3 is 2.52 bits per heavy atom. The van der Waals surface area contributed by atoms with Gasteiger partial charge in [-0.1, -0.05) is 68.1 Å². The Hall–Kier alpha value is -3.03. The van der Waals surface area contributed by atoms with Crippen LogP contribution in [0.5, 0.6) is 0 Å². The summed E-state index contributed by atoms with van der Waals surface area (Å²) >= 11 is 2.89. The molecule has 4 rings (SSSR count). The molecule has 0 aliphatic heterocycles. The number of thiazole rings is 1. The molecule has 0 saturated heterocycles. The number of carbonyl (C=O) groups is 1. The molecule has 2 heterocycles. The van der Waals surface area contributed by atoms with E-state index in [4.69, 9.17) is 4.98 Å². The molecule has 156 valence electrons. The lowest BCUT2D eigenvalue weighted by atomic mass is 10.0. The highest BCUT2D eigenvalue weighted by Gasteiger charge is 2.11. The number of rotatable bonds is 7. The average molecular weight is 447 g/mol. The van der Waals surface area contributed by atoms with Crippen molar-refractivity contribution < 1.29 is 4.79 Å². The van der Waals surface area contributed by atoms with Gasteiger partial charge in [0.15, 0.2) is 5.16 Å². The van der Waals surface area contributed by atoms with Crippen molar-refractivity contribution in [3.63, 3.8) is 0 Å². The molecule has 0 radical (unpaired) electrons. The van der Waals surface area contributed by atoms with Gasteiger partial charge in [0.25, 0.3) is 0 Å². The highest BCUT2D eigenvalue weighted by molar-refractivity contribution is 7.99. The predicted octanol–water partition coefficient (Wildman–Crippen LogP) is 6.12. The summed E-state index contributed by atoms with van der Waals surface area (Å²) < 4.78 is 0. The summed E-state index contributed by atoms with van der Waals surface area (Å²) in [6.45, 7) is 4.29. The zero-order chi connectivity index (χ0) is 21.6. The molecule has 7 heteroatoms. The van der Waals surface area contributed by atoms with E-state index < -0.39 is 0 Å². The minimum Gasteiger partial charge on any atom is -0.325 e. The fraction of sp³-hybridized carbons (Fsp3) is 0.167. The third kappa shape index (κ3) is 5.57. The first-order valence-corrected chi connectivity index (χ1v) is 11.8. The highest BCUT2D eigenvalue weighted by atomic mass is 32.2. The van der Waals surface area contributed by atoms with Crippen molar-refractivity contribution in [3.8, 4) is 22.0 Å². The lowest BCUT2D eigenvalue weighted by Gasteiger charge is -2.08. The Morgan fingerprint density at radius 2 is 1.77 bits per heavy atom. The first-order chi connectivity index (χ1) is 15.1. The van der Waals surface area contributed by atoms with Crippen LogP contribution in [-0.4, -0.2) is 26.6 Å². The standard InChI is InChI=1S/C24H22N4OS2/c1-16(2)17-8-10-19(11-9-17)26-22(29)15-31-24-25-13-12-20(28-24)21-14-30-23(27-21)18-6-4-3-5-7-18/h3-14,16H,15H2,1-2H3,(H,26,29). The third-order valence-corrected chi connectivity index (χ3v) is 6.37. The van der Waals surface area contributed by atoms with Crippen molar-refractivity contribution in [2.24, 2.45) is 0 Å². The molecule has 0 aliphatic carbocycles. The van der Waals surface area contributed by atoms with Crippen LogP contribution >= 0.6 is 23.1 Å². The molecule has 0 spiro atoms. The number of nitrogens with one attached hydrogen (secondary N) is 1. The van der Waals surface area contributed by atoms with E-state index in [1.807, 2.05) is 66.0 Å². The number of anilines is 1. The van der Waals surface area contributed by atoms with Gasteiger partial charge >= 0.3 is 0 Å². The van der Waals surface area contributed by atoms with Gasteiger partial charge in [-0.25, -0.2) is 15.0 Å². The number of carbonyl (C=O) groups excluding carboxylic acids is 1. The average Bonchev–Trinajstić information content (AvgIpc) is 3.29. The summed E-state index contributed by atoms with van der Waals surface area (Å²) in [5.41, 5.74) is 4.68. The Morgan fingerprint density at radius 1 is 1.00 bits per heavy atom. The van der Waals surface area contributed by atoms with Gasteiger partial charge in [0, 0.05) is 22.8 Å². The van der Waals surface area contributed by atoms with Gasteiger partial charge in [0.05, 0.1) is 11.4 Å². The third-order valence-electron chi connectivity index (χ3n) is 4.61. The first-order valence-electron chi connectivity index (χ1n) is 9.95. The van der Waals surface area contributed by atoms with E-state index in [0.717, 1.165) is 27.6 Å². The summed E-state index contributed by atoms with van der Waals surface area (Å²) in [6.07, 6.45) is 1.70. The first kappa shape index (κ1) is 21.2. The van der Waals surface area contributed by atoms with Gasteiger partial charge in [0.2, 0.25) is 5.91 Å². The molecule has 0 saturated carbocycles. The maximum atomic E-state index is 12.3. The van der Waals surface area contributed by atoms with Crippen LogP contribution < -0.4 is 5.32 Å². The molecule has 0 bridgehead atoms. The number of hydrogen-bond donors (Lipinski definition) is 1. The van der Waals surface area contributed by atoms with Crippen molar-refractivity contribution in [2.45, 2.75) is 24.9 Å².